The second-order valence-electron chi connectivity index (χ2n) is 9.00. The van der Waals surface area contributed by atoms with Crippen LogP contribution in [0.1, 0.15) is 38.9 Å². The zero-order valence-corrected chi connectivity index (χ0v) is 21.0. The highest BCUT2D eigenvalue weighted by Gasteiger charge is 2.58. The maximum Gasteiger partial charge on any atom is 0.406 e. The number of benzene rings is 3. The number of halogens is 3. The average Bonchev–Trinajstić information content (AvgIpc) is 2.85. The van der Waals surface area contributed by atoms with E-state index in [1.165, 1.54) is 12.1 Å². The quantitative estimate of drug-likeness (QED) is 0.161. The highest BCUT2D eigenvalue weighted by atomic mass is 19.4. The summed E-state index contributed by atoms with van der Waals surface area (Å²) in [6.45, 7) is 15.1. The maximum absolute atomic E-state index is 15.8. The second-order valence-corrected chi connectivity index (χ2v) is 9.00. The molecule has 0 bridgehead atoms. The van der Waals surface area contributed by atoms with Gasteiger partial charge in [0.2, 0.25) is 0 Å². The van der Waals surface area contributed by atoms with Crippen molar-refractivity contribution in [1.82, 2.24) is 0 Å². The molecule has 0 aliphatic carbocycles. The Balaban J connectivity index is 2.58. The van der Waals surface area contributed by atoms with Crippen molar-refractivity contribution in [2.75, 3.05) is 11.5 Å². The first kappa shape index (κ1) is 27.6. The third-order valence-corrected chi connectivity index (χ3v) is 6.66. The minimum absolute atomic E-state index is 0.0768. The van der Waals surface area contributed by atoms with Gasteiger partial charge in [0.05, 0.1) is 0 Å². The van der Waals surface area contributed by atoms with Crippen LogP contribution in [-0.2, 0) is 31.1 Å². The van der Waals surface area contributed by atoms with Crippen LogP contribution in [0.5, 0.6) is 0 Å². The number of hydrogen-bond donors (Lipinski definition) is 2. The zero-order chi connectivity index (χ0) is 27.2. The van der Waals surface area contributed by atoms with Crippen LogP contribution in [0.2, 0.25) is 0 Å². The molecule has 0 radical (unpaired) electrons. The fourth-order valence-corrected chi connectivity index (χ4v) is 4.97. The van der Waals surface area contributed by atoms with Crippen molar-refractivity contribution in [1.29, 1.82) is 0 Å². The van der Waals surface area contributed by atoms with Crippen molar-refractivity contribution in [2.24, 2.45) is 0 Å². The summed E-state index contributed by atoms with van der Waals surface area (Å²) < 4.78 is 47.3. The van der Waals surface area contributed by atoms with E-state index in [4.69, 9.17) is 11.5 Å². The van der Waals surface area contributed by atoms with Crippen LogP contribution in [0.3, 0.4) is 0 Å². The molecule has 0 aliphatic heterocycles. The van der Waals surface area contributed by atoms with Gasteiger partial charge in [0.25, 0.3) is 0 Å². The lowest BCUT2D eigenvalue weighted by Crippen LogP contribution is -2.45. The number of nitrogens with two attached hydrogens (primary N) is 2. The van der Waals surface area contributed by atoms with E-state index in [1.54, 1.807) is 66.8 Å². The van der Waals surface area contributed by atoms with Crippen LogP contribution in [-0.4, -0.2) is 6.18 Å². The van der Waals surface area contributed by atoms with E-state index >= 15 is 13.2 Å². The summed E-state index contributed by atoms with van der Waals surface area (Å²) >= 11 is 0. The molecule has 0 aromatic heterocycles. The third-order valence-electron chi connectivity index (χ3n) is 6.66. The highest BCUT2D eigenvalue weighted by Crippen LogP contribution is 2.53. The molecule has 0 heterocycles. The molecule has 0 spiro atoms. The summed E-state index contributed by atoms with van der Waals surface area (Å²) in [5.74, 6) is 0. The molecule has 3 rings (SSSR count). The lowest BCUT2D eigenvalue weighted by Gasteiger charge is -2.39. The minimum atomic E-state index is -4.71. The maximum atomic E-state index is 15.8. The van der Waals surface area contributed by atoms with E-state index in [0.29, 0.717) is 59.3 Å². The molecule has 3 aromatic rings. The molecule has 2 nitrogen and oxygen atoms in total. The molecule has 0 aliphatic rings. The van der Waals surface area contributed by atoms with Crippen molar-refractivity contribution in [3.63, 3.8) is 0 Å². The minimum Gasteiger partial charge on any atom is -0.398 e. The Labute approximate surface area is 217 Å². The molecule has 0 fully saturated rings. The van der Waals surface area contributed by atoms with Gasteiger partial charge < -0.3 is 11.5 Å². The summed E-state index contributed by atoms with van der Waals surface area (Å²) in [6.07, 6.45) is 3.16. The first-order valence-electron chi connectivity index (χ1n) is 12.0. The zero-order valence-electron chi connectivity index (χ0n) is 21.0. The van der Waals surface area contributed by atoms with Crippen LogP contribution >= 0.6 is 0 Å². The first-order chi connectivity index (χ1) is 17.6. The molecule has 5 heteroatoms. The van der Waals surface area contributed by atoms with Crippen LogP contribution in [0.4, 0.5) is 24.5 Å². The van der Waals surface area contributed by atoms with Crippen molar-refractivity contribution < 1.29 is 13.2 Å². The summed E-state index contributed by atoms with van der Waals surface area (Å²) in [7, 11) is 0. The molecule has 0 saturated heterocycles. The SMILES string of the molecule is C=CCc1cc(C(c2ccccc2)(c2cc(CC=C)c(N)c(CC=C)c2)C(F)(F)F)cc(CC=C)c1N. The summed E-state index contributed by atoms with van der Waals surface area (Å²) in [4.78, 5) is 0. The number of alkyl halides is 3. The van der Waals surface area contributed by atoms with E-state index in [2.05, 4.69) is 26.3 Å². The Kier molecular flexibility index (Phi) is 8.49. The van der Waals surface area contributed by atoms with Crippen molar-refractivity contribution in [2.45, 2.75) is 37.3 Å². The van der Waals surface area contributed by atoms with Crippen molar-refractivity contribution >= 4 is 11.4 Å². The van der Waals surface area contributed by atoms with Gasteiger partial charge in [0.15, 0.2) is 0 Å². The molecule has 4 N–H and O–H groups in total. The average molecular weight is 503 g/mol. The number of nitrogen functional groups attached to an aromatic ring is 2. The number of hydrogen-bond acceptors (Lipinski definition) is 2. The predicted octanol–water partition coefficient (Wildman–Crippen LogP) is 7.66. The van der Waals surface area contributed by atoms with Gasteiger partial charge in [-0.2, -0.15) is 13.2 Å². The van der Waals surface area contributed by atoms with E-state index in [9.17, 15) is 0 Å². The van der Waals surface area contributed by atoms with E-state index in [1.807, 2.05) is 0 Å². The molecule has 192 valence electrons. The van der Waals surface area contributed by atoms with Crippen molar-refractivity contribution in [3.8, 4) is 0 Å². The van der Waals surface area contributed by atoms with E-state index in [0.717, 1.165) is 0 Å². The fourth-order valence-electron chi connectivity index (χ4n) is 4.97. The predicted molar refractivity (Wildman–Crippen MR) is 150 cm³/mol. The Bertz CT molecular complexity index is 1170. The lowest BCUT2D eigenvalue weighted by molar-refractivity contribution is -0.166. The molecule has 0 saturated carbocycles. The number of rotatable bonds is 11. The Morgan fingerprint density at radius 2 is 0.892 bits per heavy atom. The van der Waals surface area contributed by atoms with Gasteiger partial charge in [-0.05, 0) is 64.6 Å². The van der Waals surface area contributed by atoms with Gasteiger partial charge in [-0.1, -0.05) is 78.9 Å². The van der Waals surface area contributed by atoms with Gasteiger partial charge in [0.1, 0.15) is 5.41 Å². The largest absolute Gasteiger partial charge is 0.406 e. The van der Waals surface area contributed by atoms with Crippen LogP contribution < -0.4 is 11.5 Å². The van der Waals surface area contributed by atoms with Crippen LogP contribution in [0, 0.1) is 0 Å². The number of allylic oxidation sites excluding steroid dienone is 4. The lowest BCUT2D eigenvalue weighted by atomic mass is 9.67. The Hall–Kier alpha value is -3.99. The molecule has 0 unspecified atom stereocenters. The molecule has 0 amide bonds. The normalized spacial score (nSPS) is 11.6. The summed E-state index contributed by atoms with van der Waals surface area (Å²) in [5, 5.41) is 0. The molecular weight excluding hydrogens is 469 g/mol. The van der Waals surface area contributed by atoms with Crippen LogP contribution in [0.15, 0.2) is 105 Å². The summed E-state index contributed by atoms with van der Waals surface area (Å²) in [6, 6.07) is 14.2. The van der Waals surface area contributed by atoms with E-state index < -0.39 is 11.6 Å². The smallest absolute Gasteiger partial charge is 0.398 e. The molecule has 0 atom stereocenters. The monoisotopic (exact) mass is 502 g/mol. The van der Waals surface area contributed by atoms with Crippen molar-refractivity contribution in [3.05, 3.63) is 144 Å². The first-order valence-corrected chi connectivity index (χ1v) is 12.0. The van der Waals surface area contributed by atoms with E-state index in [-0.39, 0.29) is 16.7 Å². The second kappa shape index (κ2) is 11.4. The Morgan fingerprint density at radius 1 is 0.568 bits per heavy atom. The van der Waals surface area contributed by atoms with Gasteiger partial charge in [-0.25, -0.2) is 0 Å². The standard InChI is InChI=1S/C32H33F3N2/c1-5-12-22-18-27(19-23(13-6-2)29(22)36)31(32(33,34)35,26-16-10-9-11-17-26)28-20-24(14-7-3)30(37)25(21-28)15-8-4/h5-11,16-21H,1-4,12-15,36-37H2. The van der Waals surface area contributed by atoms with Gasteiger partial charge >= 0.3 is 6.18 Å². The number of anilines is 2. The Morgan fingerprint density at radius 3 is 1.16 bits per heavy atom. The van der Waals surface area contributed by atoms with Gasteiger partial charge in [0, 0.05) is 11.4 Å². The van der Waals surface area contributed by atoms with Gasteiger partial charge in [-0.3, -0.25) is 0 Å². The molecular formula is C32H33F3N2. The fraction of sp³-hybridized carbons (Fsp3) is 0.188. The topological polar surface area (TPSA) is 52.0 Å². The molecule has 3 aromatic carbocycles. The summed E-state index contributed by atoms with van der Waals surface area (Å²) in [5.41, 5.74) is 13.8. The highest BCUT2D eigenvalue weighted by molar-refractivity contribution is 5.65. The molecule has 37 heavy (non-hydrogen) atoms. The third kappa shape index (κ3) is 5.12. The van der Waals surface area contributed by atoms with Crippen LogP contribution in [0.25, 0.3) is 0 Å². The van der Waals surface area contributed by atoms with Gasteiger partial charge in [-0.15, -0.1) is 26.3 Å².